The van der Waals surface area contributed by atoms with Crippen LogP contribution in [0.3, 0.4) is 0 Å². The van der Waals surface area contributed by atoms with E-state index in [0.29, 0.717) is 34.6 Å². The van der Waals surface area contributed by atoms with Crippen molar-refractivity contribution in [1.82, 2.24) is 4.98 Å². The molecule has 1 aromatic heterocycles. The SMILES string of the molecule is O=C(Nc1ccc(N2CCOCC2)cn1)c1cc(Cl)ccc1Cl. The Morgan fingerprint density at radius 3 is 2.65 bits per heavy atom. The van der Waals surface area contributed by atoms with Gasteiger partial charge in [-0.15, -0.1) is 0 Å². The van der Waals surface area contributed by atoms with Crippen LogP contribution in [0.15, 0.2) is 36.5 Å². The van der Waals surface area contributed by atoms with E-state index in [0.717, 1.165) is 18.8 Å². The molecule has 120 valence electrons. The lowest BCUT2D eigenvalue weighted by Gasteiger charge is -2.28. The number of rotatable bonds is 3. The molecule has 2 heterocycles. The van der Waals surface area contributed by atoms with E-state index in [4.69, 9.17) is 27.9 Å². The van der Waals surface area contributed by atoms with E-state index < -0.39 is 0 Å². The van der Waals surface area contributed by atoms with Gasteiger partial charge in [0.2, 0.25) is 0 Å². The fourth-order valence-corrected chi connectivity index (χ4v) is 2.70. The maximum Gasteiger partial charge on any atom is 0.258 e. The number of ether oxygens (including phenoxy) is 1. The van der Waals surface area contributed by atoms with Crippen LogP contribution in [0, 0.1) is 0 Å². The molecule has 1 N–H and O–H groups in total. The van der Waals surface area contributed by atoms with Crippen molar-refractivity contribution in [2.24, 2.45) is 0 Å². The first-order valence-corrected chi connectivity index (χ1v) is 7.94. The first kappa shape index (κ1) is 16.1. The lowest BCUT2D eigenvalue weighted by molar-refractivity contribution is 0.102. The Kier molecular flexibility index (Phi) is 5.00. The maximum atomic E-state index is 12.3. The number of hydrogen-bond acceptors (Lipinski definition) is 4. The third-order valence-corrected chi connectivity index (χ3v) is 4.10. The number of hydrogen-bond donors (Lipinski definition) is 1. The predicted octanol–water partition coefficient (Wildman–Crippen LogP) is 3.48. The number of anilines is 2. The van der Waals surface area contributed by atoms with Crippen LogP contribution in [-0.2, 0) is 4.74 Å². The summed E-state index contributed by atoms with van der Waals surface area (Å²) < 4.78 is 5.33. The molecule has 0 unspecified atom stereocenters. The van der Waals surface area contributed by atoms with Gasteiger partial charge >= 0.3 is 0 Å². The molecule has 3 rings (SSSR count). The molecule has 0 atom stereocenters. The van der Waals surface area contributed by atoms with Crippen molar-refractivity contribution in [2.45, 2.75) is 0 Å². The molecule has 1 fully saturated rings. The summed E-state index contributed by atoms with van der Waals surface area (Å²) in [7, 11) is 0. The van der Waals surface area contributed by atoms with Crippen LogP contribution in [-0.4, -0.2) is 37.2 Å². The molecule has 23 heavy (non-hydrogen) atoms. The van der Waals surface area contributed by atoms with Crippen molar-refractivity contribution in [3.8, 4) is 0 Å². The van der Waals surface area contributed by atoms with Gasteiger partial charge in [-0.05, 0) is 30.3 Å². The number of aromatic nitrogens is 1. The van der Waals surface area contributed by atoms with Gasteiger partial charge < -0.3 is 15.0 Å². The number of halogens is 2. The van der Waals surface area contributed by atoms with Gasteiger partial charge in [0.15, 0.2) is 0 Å². The van der Waals surface area contributed by atoms with E-state index in [1.165, 1.54) is 6.07 Å². The largest absolute Gasteiger partial charge is 0.378 e. The third-order valence-electron chi connectivity index (χ3n) is 3.54. The van der Waals surface area contributed by atoms with Crippen LogP contribution < -0.4 is 10.2 Å². The van der Waals surface area contributed by atoms with Gasteiger partial charge in [-0.3, -0.25) is 4.79 Å². The van der Waals surface area contributed by atoms with Gasteiger partial charge in [0.1, 0.15) is 5.82 Å². The average molecular weight is 352 g/mol. The molecule has 1 saturated heterocycles. The molecule has 1 aliphatic heterocycles. The number of nitrogens with zero attached hydrogens (tertiary/aromatic N) is 2. The zero-order valence-electron chi connectivity index (χ0n) is 12.3. The van der Waals surface area contributed by atoms with E-state index in [9.17, 15) is 4.79 Å². The third kappa shape index (κ3) is 3.93. The summed E-state index contributed by atoms with van der Waals surface area (Å²) in [5, 5.41) is 3.52. The van der Waals surface area contributed by atoms with Crippen LogP contribution in [0.2, 0.25) is 10.0 Å². The highest BCUT2D eigenvalue weighted by Crippen LogP contribution is 2.22. The summed E-state index contributed by atoms with van der Waals surface area (Å²) in [6.45, 7) is 3.11. The van der Waals surface area contributed by atoms with Crippen molar-refractivity contribution in [3.63, 3.8) is 0 Å². The number of carbonyl (C=O) groups excluding carboxylic acids is 1. The number of nitrogens with one attached hydrogen (secondary N) is 1. The highest BCUT2D eigenvalue weighted by atomic mass is 35.5. The van der Waals surface area contributed by atoms with Crippen LogP contribution in [0.4, 0.5) is 11.5 Å². The van der Waals surface area contributed by atoms with Crippen molar-refractivity contribution in [2.75, 3.05) is 36.5 Å². The quantitative estimate of drug-likeness (QED) is 0.919. The summed E-state index contributed by atoms with van der Waals surface area (Å²) in [5.41, 5.74) is 1.32. The van der Waals surface area contributed by atoms with Crippen molar-refractivity contribution in [3.05, 3.63) is 52.1 Å². The Hall–Kier alpha value is -1.82. The monoisotopic (exact) mass is 351 g/mol. The smallest absolute Gasteiger partial charge is 0.258 e. The molecule has 0 spiro atoms. The number of pyridine rings is 1. The van der Waals surface area contributed by atoms with Gasteiger partial charge in [-0.1, -0.05) is 23.2 Å². The Bertz CT molecular complexity index is 701. The van der Waals surface area contributed by atoms with E-state index in [1.54, 1.807) is 24.4 Å². The standard InChI is InChI=1S/C16H15Cl2N3O2/c17-11-1-3-14(18)13(9-11)16(22)20-15-4-2-12(10-19-15)21-5-7-23-8-6-21/h1-4,9-10H,5-8H2,(H,19,20,22). The second kappa shape index (κ2) is 7.17. The van der Waals surface area contributed by atoms with Gasteiger partial charge in [0.05, 0.1) is 35.7 Å². The van der Waals surface area contributed by atoms with Crippen LogP contribution in [0.1, 0.15) is 10.4 Å². The van der Waals surface area contributed by atoms with Crippen LogP contribution in [0.5, 0.6) is 0 Å². The Labute approximate surface area is 144 Å². The van der Waals surface area contributed by atoms with Crippen molar-refractivity contribution >= 4 is 40.6 Å². The first-order chi connectivity index (χ1) is 11.1. The normalized spacial score (nSPS) is 14.6. The fourth-order valence-electron chi connectivity index (χ4n) is 2.32. The predicted molar refractivity (Wildman–Crippen MR) is 91.7 cm³/mol. The number of morpholine rings is 1. The topological polar surface area (TPSA) is 54.5 Å². The second-order valence-electron chi connectivity index (χ2n) is 5.08. The molecule has 0 saturated carbocycles. The van der Waals surface area contributed by atoms with E-state index in [1.807, 2.05) is 6.07 Å². The second-order valence-corrected chi connectivity index (χ2v) is 5.92. The van der Waals surface area contributed by atoms with Gasteiger partial charge in [-0.25, -0.2) is 4.98 Å². The molecule has 1 aliphatic rings. The Morgan fingerprint density at radius 1 is 1.17 bits per heavy atom. The first-order valence-electron chi connectivity index (χ1n) is 7.18. The summed E-state index contributed by atoms with van der Waals surface area (Å²) in [6, 6.07) is 8.44. The minimum Gasteiger partial charge on any atom is -0.378 e. The molecule has 2 aromatic rings. The lowest BCUT2D eigenvalue weighted by Crippen LogP contribution is -2.36. The van der Waals surface area contributed by atoms with Crippen molar-refractivity contribution < 1.29 is 9.53 Å². The minimum atomic E-state index is -0.343. The summed E-state index contributed by atoms with van der Waals surface area (Å²) in [4.78, 5) is 18.7. The molecule has 7 heteroatoms. The number of benzene rings is 1. The number of carbonyl (C=O) groups is 1. The summed E-state index contributed by atoms with van der Waals surface area (Å²) in [5.74, 6) is 0.118. The molecule has 0 bridgehead atoms. The average Bonchev–Trinajstić information content (AvgIpc) is 2.58. The highest BCUT2D eigenvalue weighted by molar-refractivity contribution is 6.36. The molecular formula is C16H15Cl2N3O2. The zero-order valence-corrected chi connectivity index (χ0v) is 13.8. The summed E-state index contributed by atoms with van der Waals surface area (Å²) >= 11 is 11.9. The molecule has 0 aliphatic carbocycles. The van der Waals surface area contributed by atoms with Gasteiger partial charge in [-0.2, -0.15) is 0 Å². The number of amides is 1. The Morgan fingerprint density at radius 2 is 1.96 bits per heavy atom. The molecule has 5 nitrogen and oxygen atoms in total. The Balaban J connectivity index is 1.70. The van der Waals surface area contributed by atoms with Crippen molar-refractivity contribution in [1.29, 1.82) is 0 Å². The molecule has 1 aromatic carbocycles. The minimum absolute atomic E-state index is 0.318. The van der Waals surface area contributed by atoms with E-state index >= 15 is 0 Å². The molecular weight excluding hydrogens is 337 g/mol. The van der Waals surface area contributed by atoms with Crippen LogP contribution >= 0.6 is 23.2 Å². The fraction of sp³-hybridized carbons (Fsp3) is 0.250. The highest BCUT2D eigenvalue weighted by Gasteiger charge is 2.14. The summed E-state index contributed by atoms with van der Waals surface area (Å²) in [6.07, 6.45) is 1.74. The van der Waals surface area contributed by atoms with E-state index in [2.05, 4.69) is 15.2 Å². The lowest BCUT2D eigenvalue weighted by atomic mass is 10.2. The van der Waals surface area contributed by atoms with Gasteiger partial charge in [0, 0.05) is 18.1 Å². The molecule has 1 amide bonds. The zero-order chi connectivity index (χ0) is 16.2. The maximum absolute atomic E-state index is 12.3. The molecule has 0 radical (unpaired) electrons. The van der Waals surface area contributed by atoms with Gasteiger partial charge in [0.25, 0.3) is 5.91 Å². The van der Waals surface area contributed by atoms with E-state index in [-0.39, 0.29) is 5.91 Å². The van der Waals surface area contributed by atoms with Crippen LogP contribution in [0.25, 0.3) is 0 Å².